The number of nitrogens with one attached hydrogen (secondary N) is 1. The number of rotatable bonds is 2. The molecule has 1 unspecified atom stereocenters. The quantitative estimate of drug-likeness (QED) is 0.900. The Labute approximate surface area is 109 Å². The summed E-state index contributed by atoms with van der Waals surface area (Å²) >= 11 is 1.05. The van der Waals surface area contributed by atoms with Gasteiger partial charge < -0.3 is 5.32 Å². The molecule has 0 saturated carbocycles. The smallest absolute Gasteiger partial charge is 0.273 e. The zero-order valence-electron chi connectivity index (χ0n) is 9.80. The maximum Gasteiger partial charge on any atom is 0.273 e. The molecule has 92 valence electrons. The third-order valence-electron chi connectivity index (χ3n) is 3.27. The molecule has 0 spiro atoms. The van der Waals surface area contributed by atoms with Crippen LogP contribution in [0, 0.1) is 0 Å². The van der Waals surface area contributed by atoms with Gasteiger partial charge in [-0.05, 0) is 30.4 Å². The van der Waals surface area contributed by atoms with Gasteiger partial charge in [0.05, 0.1) is 24.0 Å². The highest BCUT2D eigenvalue weighted by Crippen LogP contribution is 2.29. The standard InChI is InChI=1S/C13H13N3OS/c17-13(12-8-14-18-16-12)15-11-7-3-5-9-4-1-2-6-10(9)11/h1-2,4,6,8,11H,3,5,7H2,(H,15,17). The Kier molecular flexibility index (Phi) is 3.06. The summed E-state index contributed by atoms with van der Waals surface area (Å²) in [6.45, 7) is 0. The molecule has 1 aliphatic rings. The molecule has 1 aromatic carbocycles. The number of fused-ring (bicyclic) bond motifs is 1. The highest BCUT2D eigenvalue weighted by atomic mass is 32.1. The van der Waals surface area contributed by atoms with Crippen molar-refractivity contribution in [2.45, 2.75) is 25.3 Å². The molecule has 0 aliphatic heterocycles. The van der Waals surface area contributed by atoms with E-state index in [1.165, 1.54) is 17.3 Å². The van der Waals surface area contributed by atoms with Gasteiger partial charge in [0, 0.05) is 0 Å². The van der Waals surface area contributed by atoms with Crippen LogP contribution in [0.2, 0.25) is 0 Å². The van der Waals surface area contributed by atoms with E-state index in [0.29, 0.717) is 5.69 Å². The minimum Gasteiger partial charge on any atom is -0.344 e. The van der Waals surface area contributed by atoms with Crippen LogP contribution in [-0.4, -0.2) is 14.7 Å². The van der Waals surface area contributed by atoms with Crippen LogP contribution in [0.4, 0.5) is 0 Å². The maximum absolute atomic E-state index is 12.0. The van der Waals surface area contributed by atoms with Crippen LogP contribution in [0.3, 0.4) is 0 Å². The SMILES string of the molecule is O=C(NC1CCCc2ccccc21)c1cnsn1. The number of hydrogen-bond donors (Lipinski definition) is 1. The molecular weight excluding hydrogens is 246 g/mol. The predicted molar refractivity (Wildman–Crippen MR) is 69.5 cm³/mol. The summed E-state index contributed by atoms with van der Waals surface area (Å²) in [5.74, 6) is -0.134. The van der Waals surface area contributed by atoms with Gasteiger partial charge in [0.25, 0.3) is 5.91 Å². The first-order valence-electron chi connectivity index (χ1n) is 6.01. The van der Waals surface area contributed by atoms with E-state index in [9.17, 15) is 4.79 Å². The lowest BCUT2D eigenvalue weighted by atomic mass is 9.88. The fraction of sp³-hybridized carbons (Fsp3) is 0.308. The molecule has 2 aromatic rings. The Morgan fingerprint density at radius 2 is 2.28 bits per heavy atom. The third-order valence-corrected chi connectivity index (χ3v) is 3.75. The van der Waals surface area contributed by atoms with Crippen LogP contribution in [0.25, 0.3) is 0 Å². The van der Waals surface area contributed by atoms with E-state index in [0.717, 1.165) is 31.0 Å². The van der Waals surface area contributed by atoms with Crippen LogP contribution in [-0.2, 0) is 6.42 Å². The number of aryl methyl sites for hydroxylation is 1. The molecule has 4 nitrogen and oxygen atoms in total. The molecule has 0 bridgehead atoms. The molecule has 5 heteroatoms. The largest absolute Gasteiger partial charge is 0.344 e. The predicted octanol–water partition coefficient (Wildman–Crippen LogP) is 2.35. The van der Waals surface area contributed by atoms with Gasteiger partial charge in [0.2, 0.25) is 0 Å². The van der Waals surface area contributed by atoms with Crippen molar-refractivity contribution in [2.24, 2.45) is 0 Å². The van der Waals surface area contributed by atoms with Crippen molar-refractivity contribution in [3.8, 4) is 0 Å². The number of benzene rings is 1. The van der Waals surface area contributed by atoms with Crippen molar-refractivity contribution in [1.29, 1.82) is 0 Å². The molecule has 1 aliphatic carbocycles. The number of carbonyl (C=O) groups is 1. The Bertz CT molecular complexity index is 553. The Balaban J connectivity index is 1.80. The molecule has 1 amide bonds. The van der Waals surface area contributed by atoms with E-state index in [2.05, 4.69) is 26.2 Å². The summed E-state index contributed by atoms with van der Waals surface area (Å²) in [7, 11) is 0. The van der Waals surface area contributed by atoms with Crippen molar-refractivity contribution in [3.63, 3.8) is 0 Å². The zero-order valence-corrected chi connectivity index (χ0v) is 10.6. The van der Waals surface area contributed by atoms with Crippen molar-refractivity contribution in [3.05, 3.63) is 47.3 Å². The van der Waals surface area contributed by atoms with Crippen molar-refractivity contribution >= 4 is 17.6 Å². The second kappa shape index (κ2) is 4.86. The summed E-state index contributed by atoms with van der Waals surface area (Å²) in [4.78, 5) is 12.0. The van der Waals surface area contributed by atoms with Crippen molar-refractivity contribution < 1.29 is 4.79 Å². The van der Waals surface area contributed by atoms with Gasteiger partial charge in [-0.2, -0.15) is 8.75 Å². The average Bonchev–Trinajstić information content (AvgIpc) is 2.93. The van der Waals surface area contributed by atoms with E-state index in [1.807, 2.05) is 12.1 Å². The van der Waals surface area contributed by atoms with Crippen LogP contribution < -0.4 is 5.32 Å². The highest BCUT2D eigenvalue weighted by Gasteiger charge is 2.22. The monoisotopic (exact) mass is 259 g/mol. The zero-order chi connectivity index (χ0) is 12.4. The molecular formula is C13H13N3OS. The second-order valence-corrected chi connectivity index (χ2v) is 4.97. The van der Waals surface area contributed by atoms with E-state index in [4.69, 9.17) is 0 Å². The molecule has 3 rings (SSSR count). The van der Waals surface area contributed by atoms with E-state index >= 15 is 0 Å². The normalized spacial score (nSPS) is 18.1. The number of carbonyl (C=O) groups excluding carboxylic acids is 1. The molecule has 0 radical (unpaired) electrons. The number of amides is 1. The van der Waals surface area contributed by atoms with Crippen LogP contribution in [0.1, 0.15) is 40.5 Å². The minimum atomic E-state index is -0.134. The Morgan fingerprint density at radius 3 is 3.11 bits per heavy atom. The second-order valence-electron chi connectivity index (χ2n) is 4.41. The van der Waals surface area contributed by atoms with Gasteiger partial charge in [-0.1, -0.05) is 24.3 Å². The topological polar surface area (TPSA) is 54.9 Å². The Morgan fingerprint density at radius 1 is 1.39 bits per heavy atom. The van der Waals surface area contributed by atoms with Crippen LogP contribution in [0.5, 0.6) is 0 Å². The lowest BCUT2D eigenvalue weighted by Gasteiger charge is -2.25. The molecule has 18 heavy (non-hydrogen) atoms. The number of aromatic nitrogens is 2. The summed E-state index contributed by atoms with van der Waals surface area (Å²) in [5.41, 5.74) is 2.98. The van der Waals surface area contributed by atoms with Gasteiger partial charge in [-0.15, -0.1) is 0 Å². The molecule has 1 heterocycles. The Hall–Kier alpha value is -1.75. The van der Waals surface area contributed by atoms with Gasteiger partial charge >= 0.3 is 0 Å². The van der Waals surface area contributed by atoms with Gasteiger partial charge in [-0.25, -0.2) is 0 Å². The first kappa shape index (κ1) is 11.3. The van der Waals surface area contributed by atoms with E-state index < -0.39 is 0 Å². The van der Waals surface area contributed by atoms with Crippen LogP contribution >= 0.6 is 11.7 Å². The summed E-state index contributed by atoms with van der Waals surface area (Å²) < 4.78 is 7.81. The van der Waals surface area contributed by atoms with Crippen molar-refractivity contribution in [2.75, 3.05) is 0 Å². The molecule has 0 saturated heterocycles. The number of hydrogen-bond acceptors (Lipinski definition) is 4. The summed E-state index contributed by atoms with van der Waals surface area (Å²) in [6, 6.07) is 8.40. The summed E-state index contributed by atoms with van der Waals surface area (Å²) in [5, 5.41) is 3.04. The first-order chi connectivity index (χ1) is 8.84. The molecule has 1 atom stereocenters. The lowest BCUT2D eigenvalue weighted by molar-refractivity contribution is 0.0928. The number of nitrogens with zero attached hydrogens (tertiary/aromatic N) is 2. The minimum absolute atomic E-state index is 0.101. The fourth-order valence-electron chi connectivity index (χ4n) is 2.40. The fourth-order valence-corrected chi connectivity index (χ4v) is 2.81. The maximum atomic E-state index is 12.0. The average molecular weight is 259 g/mol. The third kappa shape index (κ3) is 2.13. The lowest BCUT2D eigenvalue weighted by Crippen LogP contribution is -2.31. The van der Waals surface area contributed by atoms with E-state index in [1.54, 1.807) is 0 Å². The molecule has 0 fully saturated rings. The van der Waals surface area contributed by atoms with Gasteiger partial charge in [0.1, 0.15) is 0 Å². The summed E-state index contributed by atoms with van der Waals surface area (Å²) in [6.07, 6.45) is 4.70. The van der Waals surface area contributed by atoms with E-state index in [-0.39, 0.29) is 11.9 Å². The van der Waals surface area contributed by atoms with Crippen molar-refractivity contribution in [1.82, 2.24) is 14.1 Å². The van der Waals surface area contributed by atoms with Crippen LogP contribution in [0.15, 0.2) is 30.5 Å². The van der Waals surface area contributed by atoms with Gasteiger partial charge in [-0.3, -0.25) is 4.79 Å². The van der Waals surface area contributed by atoms with Gasteiger partial charge in [0.15, 0.2) is 5.69 Å². The molecule has 1 N–H and O–H groups in total. The first-order valence-corrected chi connectivity index (χ1v) is 6.74. The highest BCUT2D eigenvalue weighted by molar-refractivity contribution is 6.99. The molecule has 1 aromatic heterocycles.